The Hall–Kier alpha value is -1.35. The minimum atomic E-state index is -0.0122. The lowest BCUT2D eigenvalue weighted by Gasteiger charge is -2.37. The number of para-hydroxylation sites is 2. The van der Waals surface area contributed by atoms with Crippen molar-refractivity contribution in [2.24, 2.45) is 0 Å². The maximum atomic E-state index is 6.25. The molecule has 20 heavy (non-hydrogen) atoms. The Balaban J connectivity index is 1.95. The number of nitrogens with zero attached hydrogens (tertiary/aromatic N) is 2. The fraction of sp³-hybridized carbons (Fsp3) is 0.500. The Labute approximate surface area is 124 Å². The van der Waals surface area contributed by atoms with Crippen LogP contribution in [-0.2, 0) is 0 Å². The molecule has 0 unspecified atom stereocenters. The van der Waals surface area contributed by atoms with Gasteiger partial charge in [-0.05, 0) is 31.9 Å². The largest absolute Gasteiger partial charge is 0.362 e. The van der Waals surface area contributed by atoms with E-state index in [1.807, 2.05) is 31.2 Å². The van der Waals surface area contributed by atoms with E-state index in [0.29, 0.717) is 5.88 Å². The zero-order valence-electron chi connectivity index (χ0n) is 11.8. The van der Waals surface area contributed by atoms with Crippen LogP contribution in [0.1, 0.15) is 37.8 Å². The van der Waals surface area contributed by atoms with Crippen LogP contribution < -0.4 is 5.32 Å². The SMILES string of the molecule is Cc1nc2ccccc2nc1NC1(CCl)CCCCC1. The summed E-state index contributed by atoms with van der Waals surface area (Å²) in [6.07, 6.45) is 6.01. The van der Waals surface area contributed by atoms with Crippen LogP contribution in [0.15, 0.2) is 24.3 Å². The normalized spacial score (nSPS) is 18.1. The van der Waals surface area contributed by atoms with Crippen molar-refractivity contribution >= 4 is 28.5 Å². The molecule has 0 radical (unpaired) electrons. The van der Waals surface area contributed by atoms with Crippen molar-refractivity contribution in [1.29, 1.82) is 0 Å². The van der Waals surface area contributed by atoms with Gasteiger partial charge in [0.05, 0.1) is 22.3 Å². The summed E-state index contributed by atoms with van der Waals surface area (Å²) in [5, 5.41) is 3.60. The Bertz CT molecular complexity index is 606. The first-order valence-electron chi connectivity index (χ1n) is 7.30. The monoisotopic (exact) mass is 289 g/mol. The molecule has 0 spiro atoms. The summed E-state index contributed by atoms with van der Waals surface area (Å²) in [7, 11) is 0. The van der Waals surface area contributed by atoms with Crippen molar-refractivity contribution in [1.82, 2.24) is 9.97 Å². The standard InChI is InChI=1S/C16H20ClN3/c1-12-15(19-14-8-4-3-7-13(14)18-12)20-16(11-17)9-5-2-6-10-16/h3-4,7-8H,2,5-6,9-11H2,1H3,(H,19,20). The minimum absolute atomic E-state index is 0.0122. The minimum Gasteiger partial charge on any atom is -0.362 e. The Morgan fingerprint density at radius 1 is 1.10 bits per heavy atom. The van der Waals surface area contributed by atoms with Crippen LogP contribution in [-0.4, -0.2) is 21.4 Å². The number of halogens is 1. The number of benzene rings is 1. The van der Waals surface area contributed by atoms with Gasteiger partial charge >= 0.3 is 0 Å². The van der Waals surface area contributed by atoms with E-state index in [1.165, 1.54) is 19.3 Å². The summed E-state index contributed by atoms with van der Waals surface area (Å²) in [6, 6.07) is 7.98. The van der Waals surface area contributed by atoms with Crippen molar-refractivity contribution in [3.8, 4) is 0 Å². The topological polar surface area (TPSA) is 37.8 Å². The van der Waals surface area contributed by atoms with Gasteiger partial charge in [0.2, 0.25) is 0 Å². The van der Waals surface area contributed by atoms with E-state index in [1.54, 1.807) is 0 Å². The van der Waals surface area contributed by atoms with Gasteiger partial charge in [-0.15, -0.1) is 11.6 Å². The fourth-order valence-electron chi connectivity index (χ4n) is 2.98. The van der Waals surface area contributed by atoms with Crippen LogP contribution in [0.5, 0.6) is 0 Å². The maximum Gasteiger partial charge on any atom is 0.148 e. The molecule has 1 heterocycles. The quantitative estimate of drug-likeness (QED) is 0.857. The lowest BCUT2D eigenvalue weighted by atomic mass is 9.83. The van der Waals surface area contributed by atoms with Gasteiger partial charge in [0.1, 0.15) is 5.82 Å². The van der Waals surface area contributed by atoms with E-state index < -0.39 is 0 Å². The molecule has 1 saturated carbocycles. The molecule has 0 saturated heterocycles. The number of aryl methyl sites for hydroxylation is 1. The van der Waals surface area contributed by atoms with Gasteiger partial charge in [0, 0.05) is 5.88 Å². The van der Waals surface area contributed by atoms with Crippen LogP contribution in [0, 0.1) is 6.92 Å². The molecule has 2 aromatic rings. The summed E-state index contributed by atoms with van der Waals surface area (Å²) < 4.78 is 0. The second kappa shape index (κ2) is 5.57. The highest BCUT2D eigenvalue weighted by Crippen LogP contribution is 2.33. The molecule has 1 aliphatic rings. The molecule has 0 atom stereocenters. The van der Waals surface area contributed by atoms with Crippen LogP contribution >= 0.6 is 11.6 Å². The number of hydrogen-bond donors (Lipinski definition) is 1. The first-order valence-corrected chi connectivity index (χ1v) is 7.83. The number of anilines is 1. The van der Waals surface area contributed by atoms with E-state index in [4.69, 9.17) is 16.6 Å². The Morgan fingerprint density at radius 2 is 1.75 bits per heavy atom. The number of aromatic nitrogens is 2. The van der Waals surface area contributed by atoms with Gasteiger partial charge in [-0.1, -0.05) is 31.4 Å². The second-order valence-electron chi connectivity index (χ2n) is 5.75. The molecule has 3 nitrogen and oxygen atoms in total. The summed E-state index contributed by atoms with van der Waals surface area (Å²) in [4.78, 5) is 9.37. The maximum absolute atomic E-state index is 6.25. The summed E-state index contributed by atoms with van der Waals surface area (Å²) in [6.45, 7) is 2.01. The lowest BCUT2D eigenvalue weighted by Crippen LogP contribution is -2.42. The Morgan fingerprint density at radius 3 is 2.40 bits per heavy atom. The smallest absolute Gasteiger partial charge is 0.148 e. The Kier molecular flexibility index (Phi) is 3.79. The summed E-state index contributed by atoms with van der Waals surface area (Å²) in [5.74, 6) is 1.51. The molecule has 1 aromatic heterocycles. The number of fused-ring (bicyclic) bond motifs is 1. The van der Waals surface area contributed by atoms with E-state index in [9.17, 15) is 0 Å². The zero-order valence-corrected chi connectivity index (χ0v) is 12.6. The van der Waals surface area contributed by atoms with Crippen molar-refractivity contribution in [2.45, 2.75) is 44.6 Å². The van der Waals surface area contributed by atoms with Gasteiger partial charge in [-0.2, -0.15) is 0 Å². The number of hydrogen-bond acceptors (Lipinski definition) is 3. The average Bonchev–Trinajstić information content (AvgIpc) is 2.49. The first-order chi connectivity index (χ1) is 9.72. The third kappa shape index (κ3) is 2.59. The molecule has 1 N–H and O–H groups in total. The molecule has 0 amide bonds. The molecular weight excluding hydrogens is 270 g/mol. The molecule has 106 valence electrons. The van der Waals surface area contributed by atoms with Crippen LogP contribution in [0.4, 0.5) is 5.82 Å². The van der Waals surface area contributed by atoms with E-state index >= 15 is 0 Å². The van der Waals surface area contributed by atoms with Crippen molar-refractivity contribution in [3.05, 3.63) is 30.0 Å². The molecule has 0 bridgehead atoms. The first kappa shape index (κ1) is 13.6. The van der Waals surface area contributed by atoms with Crippen molar-refractivity contribution in [3.63, 3.8) is 0 Å². The third-order valence-corrected chi connectivity index (χ3v) is 4.71. The molecule has 0 aliphatic heterocycles. The molecule has 4 heteroatoms. The molecule has 3 rings (SSSR count). The van der Waals surface area contributed by atoms with Crippen molar-refractivity contribution < 1.29 is 0 Å². The molecule has 1 aromatic carbocycles. The van der Waals surface area contributed by atoms with Gasteiger partial charge in [0.15, 0.2) is 0 Å². The molecule has 1 fully saturated rings. The lowest BCUT2D eigenvalue weighted by molar-refractivity contribution is 0.352. The van der Waals surface area contributed by atoms with Gasteiger partial charge in [-0.3, -0.25) is 0 Å². The molecule has 1 aliphatic carbocycles. The summed E-state index contributed by atoms with van der Waals surface area (Å²) >= 11 is 6.25. The highest BCUT2D eigenvalue weighted by atomic mass is 35.5. The third-order valence-electron chi connectivity index (χ3n) is 4.19. The number of nitrogens with one attached hydrogen (secondary N) is 1. The number of rotatable bonds is 3. The van der Waals surface area contributed by atoms with E-state index in [-0.39, 0.29) is 5.54 Å². The predicted octanol–water partition coefficient (Wildman–Crippen LogP) is 4.29. The molecular formula is C16H20ClN3. The van der Waals surface area contributed by atoms with Crippen LogP contribution in [0.25, 0.3) is 11.0 Å². The van der Waals surface area contributed by atoms with E-state index in [2.05, 4.69) is 10.3 Å². The van der Waals surface area contributed by atoms with Crippen LogP contribution in [0.3, 0.4) is 0 Å². The van der Waals surface area contributed by atoms with Crippen LogP contribution in [0.2, 0.25) is 0 Å². The highest BCUT2D eigenvalue weighted by Gasteiger charge is 2.31. The van der Waals surface area contributed by atoms with Crippen molar-refractivity contribution in [2.75, 3.05) is 11.2 Å². The summed E-state index contributed by atoms with van der Waals surface area (Å²) in [5.41, 5.74) is 2.81. The van der Waals surface area contributed by atoms with Gasteiger partial charge < -0.3 is 5.32 Å². The number of alkyl halides is 1. The van der Waals surface area contributed by atoms with E-state index in [0.717, 1.165) is 35.4 Å². The highest BCUT2D eigenvalue weighted by molar-refractivity contribution is 6.18. The van der Waals surface area contributed by atoms with Gasteiger partial charge in [0.25, 0.3) is 0 Å². The average molecular weight is 290 g/mol. The predicted molar refractivity (Wildman–Crippen MR) is 84.4 cm³/mol. The fourth-order valence-corrected chi connectivity index (χ4v) is 3.31. The zero-order chi connectivity index (χ0) is 14.0. The van der Waals surface area contributed by atoms with Gasteiger partial charge in [-0.25, -0.2) is 9.97 Å². The second-order valence-corrected chi connectivity index (χ2v) is 6.01.